The van der Waals surface area contributed by atoms with Crippen LogP contribution in [0.15, 0.2) is 47.5 Å². The molecule has 0 fully saturated rings. The average Bonchev–Trinajstić information content (AvgIpc) is 2.96. The minimum atomic E-state index is -4.03. The molecular formula is C15H12ClN3O4S. The molecule has 3 rings (SSSR count). The Morgan fingerprint density at radius 2 is 1.96 bits per heavy atom. The minimum Gasteiger partial charge on any atom is -0.506 e. The number of fused-ring (bicyclic) bond motifs is 1. The van der Waals surface area contributed by atoms with Gasteiger partial charge in [-0.25, -0.2) is 8.42 Å². The average molecular weight is 366 g/mol. The third-order valence-electron chi connectivity index (χ3n) is 3.42. The summed E-state index contributed by atoms with van der Waals surface area (Å²) in [6.45, 7) is 0. The minimum absolute atomic E-state index is 0.286. The van der Waals surface area contributed by atoms with Gasteiger partial charge < -0.3 is 15.8 Å². The van der Waals surface area contributed by atoms with Crippen molar-refractivity contribution in [1.29, 1.82) is 0 Å². The predicted octanol–water partition coefficient (Wildman–Crippen LogP) is 2.43. The van der Waals surface area contributed by atoms with E-state index in [0.717, 1.165) is 23.0 Å². The van der Waals surface area contributed by atoms with Crippen LogP contribution in [0.3, 0.4) is 0 Å². The number of hydrogen-bond donors (Lipinski definition) is 4. The van der Waals surface area contributed by atoms with Crippen LogP contribution in [0, 0.1) is 0 Å². The number of anilines is 1. The lowest BCUT2D eigenvalue weighted by Crippen LogP contribution is -2.16. The number of carbonyl (C=O) groups excluding carboxylic acids is 1. The van der Waals surface area contributed by atoms with Crippen LogP contribution in [0.4, 0.5) is 5.69 Å². The number of sulfonamides is 1. The highest BCUT2D eigenvalue weighted by Crippen LogP contribution is 2.31. The van der Waals surface area contributed by atoms with Crippen LogP contribution in [0.25, 0.3) is 10.9 Å². The first-order valence-corrected chi connectivity index (χ1v) is 8.56. The molecule has 0 aliphatic rings. The van der Waals surface area contributed by atoms with E-state index < -0.39 is 21.7 Å². The quantitative estimate of drug-likeness (QED) is 0.566. The maximum absolute atomic E-state index is 12.5. The summed E-state index contributed by atoms with van der Waals surface area (Å²) in [4.78, 5) is 14.0. The molecule has 7 nitrogen and oxygen atoms in total. The van der Waals surface area contributed by atoms with Crippen LogP contribution < -0.4 is 10.5 Å². The van der Waals surface area contributed by atoms with Crippen molar-refractivity contribution >= 4 is 44.1 Å². The van der Waals surface area contributed by atoms with Gasteiger partial charge in [-0.3, -0.25) is 9.52 Å². The Kier molecular flexibility index (Phi) is 3.86. The van der Waals surface area contributed by atoms with E-state index >= 15 is 0 Å². The van der Waals surface area contributed by atoms with E-state index in [-0.39, 0.29) is 15.5 Å². The van der Waals surface area contributed by atoms with Gasteiger partial charge in [-0.2, -0.15) is 0 Å². The second-order valence-corrected chi connectivity index (χ2v) is 7.14. The number of nitrogens with two attached hydrogens (primary N) is 1. The molecule has 0 saturated carbocycles. The molecule has 0 saturated heterocycles. The Morgan fingerprint density at radius 1 is 1.21 bits per heavy atom. The molecule has 0 atom stereocenters. The third kappa shape index (κ3) is 2.89. The Balaban J connectivity index is 2.02. The number of aromatic hydroxyl groups is 1. The number of carbonyl (C=O) groups is 1. The molecule has 0 bridgehead atoms. The number of amides is 1. The van der Waals surface area contributed by atoms with Crippen molar-refractivity contribution in [2.75, 3.05) is 4.72 Å². The number of H-pyrrole nitrogens is 1. The molecule has 5 N–H and O–H groups in total. The van der Waals surface area contributed by atoms with Crippen molar-refractivity contribution in [2.45, 2.75) is 4.90 Å². The largest absolute Gasteiger partial charge is 0.506 e. The fraction of sp³-hybridized carbons (Fsp3) is 0. The maximum atomic E-state index is 12.5. The molecule has 24 heavy (non-hydrogen) atoms. The van der Waals surface area contributed by atoms with Crippen molar-refractivity contribution in [3.63, 3.8) is 0 Å². The topological polar surface area (TPSA) is 125 Å². The van der Waals surface area contributed by atoms with Gasteiger partial charge in [0.15, 0.2) is 0 Å². The number of halogens is 1. The number of aromatic nitrogens is 1. The van der Waals surface area contributed by atoms with Gasteiger partial charge in [-0.15, -0.1) is 0 Å². The van der Waals surface area contributed by atoms with Gasteiger partial charge in [0.05, 0.1) is 21.2 Å². The number of rotatable bonds is 4. The highest BCUT2D eigenvalue weighted by molar-refractivity contribution is 7.92. The van der Waals surface area contributed by atoms with Crippen molar-refractivity contribution in [3.8, 4) is 5.75 Å². The molecular weight excluding hydrogens is 354 g/mol. The van der Waals surface area contributed by atoms with Gasteiger partial charge in [0.1, 0.15) is 5.75 Å². The fourth-order valence-corrected chi connectivity index (χ4v) is 3.63. The predicted molar refractivity (Wildman–Crippen MR) is 90.7 cm³/mol. The molecule has 124 valence electrons. The first-order valence-electron chi connectivity index (χ1n) is 6.70. The summed E-state index contributed by atoms with van der Waals surface area (Å²) < 4.78 is 27.4. The lowest BCUT2D eigenvalue weighted by molar-refractivity contribution is 0.0997. The van der Waals surface area contributed by atoms with E-state index in [4.69, 9.17) is 17.3 Å². The van der Waals surface area contributed by atoms with Gasteiger partial charge in [0.2, 0.25) is 0 Å². The van der Waals surface area contributed by atoms with Crippen molar-refractivity contribution in [1.82, 2.24) is 4.98 Å². The van der Waals surface area contributed by atoms with E-state index in [1.165, 1.54) is 0 Å². The molecule has 1 heterocycles. The van der Waals surface area contributed by atoms with E-state index in [1.54, 1.807) is 24.4 Å². The van der Waals surface area contributed by atoms with Gasteiger partial charge in [-0.1, -0.05) is 17.7 Å². The fourth-order valence-electron chi connectivity index (χ4n) is 2.24. The Labute approximate surface area is 142 Å². The van der Waals surface area contributed by atoms with Gasteiger partial charge in [0.25, 0.3) is 15.9 Å². The first kappa shape index (κ1) is 16.2. The monoisotopic (exact) mass is 365 g/mol. The molecule has 1 amide bonds. The van der Waals surface area contributed by atoms with Crippen molar-refractivity contribution in [3.05, 3.63) is 53.2 Å². The molecule has 0 unspecified atom stereocenters. The van der Waals surface area contributed by atoms with Crippen LogP contribution >= 0.6 is 11.6 Å². The van der Waals surface area contributed by atoms with Gasteiger partial charge >= 0.3 is 0 Å². The number of phenols is 1. The van der Waals surface area contributed by atoms with E-state index in [2.05, 4.69) is 9.71 Å². The van der Waals surface area contributed by atoms with Crippen LogP contribution in [-0.2, 0) is 10.0 Å². The molecule has 0 aliphatic heterocycles. The summed E-state index contributed by atoms with van der Waals surface area (Å²) in [7, 11) is -4.03. The van der Waals surface area contributed by atoms with Crippen LogP contribution in [0.2, 0.25) is 5.02 Å². The van der Waals surface area contributed by atoms with E-state index in [9.17, 15) is 18.3 Å². The van der Waals surface area contributed by atoms with Crippen LogP contribution in [0.5, 0.6) is 5.75 Å². The second-order valence-electron chi connectivity index (χ2n) is 5.05. The highest BCUT2D eigenvalue weighted by atomic mass is 35.5. The summed E-state index contributed by atoms with van der Waals surface area (Å²) in [6.07, 6.45) is 1.74. The zero-order valence-corrected chi connectivity index (χ0v) is 13.6. The van der Waals surface area contributed by atoms with Gasteiger partial charge in [0, 0.05) is 11.7 Å². The standard InChI is InChI=1S/C15H12ClN3O4S/c16-12-7-10(6-11(14(12)20)15(17)21)24(22,23)19-9-2-1-8-3-4-18-13(8)5-9/h1-7,18-20H,(H2,17,21). The SMILES string of the molecule is NC(=O)c1cc(S(=O)(=O)Nc2ccc3cc[nH]c3c2)cc(Cl)c1O. The zero-order chi connectivity index (χ0) is 17.5. The molecule has 9 heteroatoms. The number of benzene rings is 2. The maximum Gasteiger partial charge on any atom is 0.261 e. The Morgan fingerprint density at radius 3 is 2.67 bits per heavy atom. The molecule has 3 aromatic rings. The molecule has 2 aromatic carbocycles. The molecule has 1 aromatic heterocycles. The molecule has 0 aliphatic carbocycles. The highest BCUT2D eigenvalue weighted by Gasteiger charge is 2.21. The second kappa shape index (κ2) is 5.73. The smallest absolute Gasteiger partial charge is 0.261 e. The Hall–Kier alpha value is -2.71. The molecule has 0 radical (unpaired) electrons. The van der Waals surface area contributed by atoms with Crippen LogP contribution in [-0.4, -0.2) is 24.4 Å². The lowest BCUT2D eigenvalue weighted by Gasteiger charge is -2.11. The molecule has 0 spiro atoms. The Bertz CT molecular complexity index is 1060. The summed E-state index contributed by atoms with van der Waals surface area (Å²) >= 11 is 5.78. The third-order valence-corrected chi connectivity index (χ3v) is 5.07. The summed E-state index contributed by atoms with van der Waals surface area (Å²) in [5, 5.41) is 10.3. The van der Waals surface area contributed by atoms with E-state index in [0.29, 0.717) is 5.69 Å². The van der Waals surface area contributed by atoms with Crippen molar-refractivity contribution < 1.29 is 18.3 Å². The number of nitrogens with one attached hydrogen (secondary N) is 2. The zero-order valence-electron chi connectivity index (χ0n) is 12.1. The number of aromatic amines is 1. The summed E-state index contributed by atoms with van der Waals surface area (Å²) in [6, 6.07) is 8.85. The summed E-state index contributed by atoms with van der Waals surface area (Å²) in [5.41, 5.74) is 5.84. The lowest BCUT2D eigenvalue weighted by atomic mass is 10.2. The number of hydrogen-bond acceptors (Lipinski definition) is 4. The van der Waals surface area contributed by atoms with Gasteiger partial charge in [-0.05, 0) is 35.7 Å². The number of primary amides is 1. The summed E-state index contributed by atoms with van der Waals surface area (Å²) in [5.74, 6) is -1.55. The van der Waals surface area contributed by atoms with Crippen LogP contribution in [0.1, 0.15) is 10.4 Å². The van der Waals surface area contributed by atoms with E-state index in [1.807, 2.05) is 6.07 Å². The normalized spacial score (nSPS) is 11.5. The first-order chi connectivity index (χ1) is 11.3. The van der Waals surface area contributed by atoms with Crippen molar-refractivity contribution in [2.24, 2.45) is 5.73 Å².